The maximum absolute atomic E-state index is 15.8. The van der Waals surface area contributed by atoms with Crippen LogP contribution >= 0.6 is 0 Å². The van der Waals surface area contributed by atoms with E-state index >= 15 is 13.2 Å². The molecule has 1 saturated carbocycles. The number of allylic oxidation sites excluding steroid dienone is 7. The number of amides is 2. The topological polar surface area (TPSA) is 327 Å². The summed E-state index contributed by atoms with van der Waals surface area (Å²) in [5.74, 6) is -8.55. The third-order valence-corrected chi connectivity index (χ3v) is 22.2. The Balaban J connectivity index is 0.862. The van der Waals surface area contributed by atoms with Crippen LogP contribution in [0.4, 0.5) is 30.2 Å². The maximum atomic E-state index is 15.8. The van der Waals surface area contributed by atoms with Gasteiger partial charge in [-0.3, -0.25) is 18.9 Å². The van der Waals surface area contributed by atoms with E-state index < -0.39 is 120 Å². The monoisotopic (exact) mass is 1450 g/mol. The number of nitrogens with zero attached hydrogens (tertiary/aromatic N) is 2. The van der Waals surface area contributed by atoms with E-state index in [1.165, 1.54) is 6.92 Å². The Bertz CT molecular complexity index is 4230. The second-order valence-electron chi connectivity index (χ2n) is 25.8. The van der Waals surface area contributed by atoms with E-state index in [1.807, 2.05) is 48.5 Å². The van der Waals surface area contributed by atoms with Crippen LogP contribution in [0, 0.1) is 17.5 Å². The number of rotatable bonds is 35. The van der Waals surface area contributed by atoms with Gasteiger partial charge in [0.05, 0.1) is 65.2 Å². The molecule has 2 aliphatic heterocycles. The van der Waals surface area contributed by atoms with Crippen molar-refractivity contribution in [1.29, 1.82) is 0 Å². The van der Waals surface area contributed by atoms with Crippen LogP contribution in [0.2, 0.25) is 0 Å². The number of fused-ring (bicyclic) bond motifs is 2. The molecule has 0 spiro atoms. The highest BCUT2D eigenvalue weighted by Gasteiger charge is 2.44. The van der Waals surface area contributed by atoms with Crippen molar-refractivity contribution in [3.8, 4) is 5.75 Å². The first-order valence-corrected chi connectivity index (χ1v) is 39.8. The summed E-state index contributed by atoms with van der Waals surface area (Å²) in [7, 11) is -18.6. The molecule has 99 heavy (non-hydrogen) atoms. The molecule has 8 rings (SSSR count). The van der Waals surface area contributed by atoms with Crippen LogP contribution in [0.15, 0.2) is 129 Å². The molecule has 2 heterocycles. The minimum absolute atomic E-state index is 0.0267. The lowest BCUT2D eigenvalue weighted by atomic mass is 9.81. The van der Waals surface area contributed by atoms with E-state index in [9.17, 15) is 57.2 Å². The molecule has 0 bridgehead atoms. The van der Waals surface area contributed by atoms with Gasteiger partial charge in [0.2, 0.25) is 27.5 Å². The smallest absolute Gasteiger partial charge is 0.264 e. The Kier molecular flexibility index (Phi) is 27.4. The number of carbonyl (C=O) groups is 3. The number of hydrogen-bond acceptors (Lipinski definition) is 17. The molecule has 540 valence electrons. The van der Waals surface area contributed by atoms with Gasteiger partial charge in [0, 0.05) is 79.7 Å². The predicted octanol–water partition coefficient (Wildman–Crippen LogP) is 9.61. The van der Waals surface area contributed by atoms with Crippen molar-refractivity contribution >= 4 is 80.5 Å². The number of ketones is 1. The number of para-hydroxylation sites is 2. The number of Topliss-reactive ketones (excluding diaryl/α,β-unsaturated/α-hetero) is 1. The molecule has 6 N–H and O–H groups in total. The third kappa shape index (κ3) is 22.0. The molecule has 4 aromatic carbocycles. The molecule has 0 unspecified atom stereocenters. The van der Waals surface area contributed by atoms with Crippen LogP contribution in [0.25, 0.3) is 0 Å². The summed E-state index contributed by atoms with van der Waals surface area (Å²) in [5.41, 5.74) is 7.34. The van der Waals surface area contributed by atoms with Gasteiger partial charge in [-0.1, -0.05) is 86.7 Å². The number of unbranched alkanes of at least 4 members (excludes halogenated alkanes) is 2. The number of primary sulfonamides is 1. The normalized spacial score (nSPS) is 17.4. The first-order chi connectivity index (χ1) is 46.9. The fraction of sp³-hybridized carbons (Fsp3) is 0.486. The van der Waals surface area contributed by atoms with E-state index in [0.29, 0.717) is 82.4 Å². The van der Waals surface area contributed by atoms with Gasteiger partial charge >= 0.3 is 0 Å². The van der Waals surface area contributed by atoms with E-state index in [2.05, 4.69) is 75.7 Å². The molecule has 29 heteroatoms. The predicted molar refractivity (Wildman–Crippen MR) is 369 cm³/mol. The molecule has 0 radical (unpaired) electrons. The Morgan fingerprint density at radius 1 is 0.747 bits per heavy atom. The molecular weight excluding hydrogens is 1370 g/mol. The van der Waals surface area contributed by atoms with Gasteiger partial charge in [0.25, 0.3) is 10.1 Å². The first-order valence-electron chi connectivity index (χ1n) is 33.4. The van der Waals surface area contributed by atoms with Crippen molar-refractivity contribution < 1.29 is 89.1 Å². The fourth-order valence-electron chi connectivity index (χ4n) is 12.9. The molecular formula is C70H89F3N6O16S4. The second-order valence-corrected chi connectivity index (χ2v) is 32.4. The van der Waals surface area contributed by atoms with Gasteiger partial charge in [0.1, 0.15) is 22.9 Å². The zero-order chi connectivity index (χ0) is 71.7. The Morgan fingerprint density at radius 3 is 2.11 bits per heavy atom. The number of carbonyl (C=O) groups excluding carboxylic acids is 3. The SMILES string of the molecule is CC(=O)[C@H](Cc1ccc(OC2=C(/C=C/C3=[N+](CCCCS(=O)(=O)O)c4ccccc4C3(C)C)CCC/C2=C\C=C2/Cc3ccccc3N2CCCCS(=O)(=O)[O-])cc1)NC(=O)CCOCCOCCNC(=O)CCS(=O)(=O)c1c(F)c(F)c(S(N)(=O)=O)c(F)c1NC1CCCCCCC1. The van der Waals surface area contributed by atoms with Crippen LogP contribution in [-0.2, 0) is 82.2 Å². The van der Waals surface area contributed by atoms with Crippen LogP contribution in [0.1, 0.15) is 140 Å². The van der Waals surface area contributed by atoms with Crippen LogP contribution in [0.5, 0.6) is 5.75 Å². The maximum Gasteiger partial charge on any atom is 0.264 e. The molecule has 0 saturated heterocycles. The largest absolute Gasteiger partial charge is 0.748 e. The average Bonchev–Trinajstić information content (AvgIpc) is 1.70. The number of sulfonamides is 1. The second kappa shape index (κ2) is 35.0. The minimum Gasteiger partial charge on any atom is -0.748 e. The molecule has 4 aromatic rings. The van der Waals surface area contributed by atoms with E-state index in [4.69, 9.17) is 19.3 Å². The molecule has 22 nitrogen and oxygen atoms in total. The van der Waals surface area contributed by atoms with Gasteiger partial charge in [0.15, 0.2) is 43.7 Å². The van der Waals surface area contributed by atoms with E-state index in [1.54, 1.807) is 12.1 Å². The summed E-state index contributed by atoms with van der Waals surface area (Å²) in [6.45, 7) is 6.59. The number of benzene rings is 4. The third-order valence-electron chi connectivity index (χ3n) is 18.0. The zero-order valence-corrected chi connectivity index (χ0v) is 59.3. The van der Waals surface area contributed by atoms with Crippen molar-refractivity contribution in [2.45, 2.75) is 164 Å². The standard InChI is InChI=1S/C70H89F3N6O16S4/c1-48(80)57(77-62(82)34-39-93-41-42-94-40-36-75-61(81)35-45-96(83,84)69-64(72)63(71)68(99(74,91)92)65(73)66(69)76-53-21-7-5-4-6-8-22-53)46-49-26-31-55(32-27-49)95-67-50(28-30-54-47-52-18-9-11-24-58(52)78(54)37-13-15-43-97(85,86)87)19-17-20-51(67)29-33-60-70(2,3)56-23-10-12-25-59(56)79(60)38-14-16-44-98(88,89)90/h9-12,18,23-33,53,57,76H,4-8,13-17,19-22,34-47H2,1-3H3,(H5-,74,75,77,81,82,85,86,87,88,89,90,91,92)/t57-/m0/s1. The lowest BCUT2D eigenvalue weighted by molar-refractivity contribution is -0.438. The Labute approximate surface area is 578 Å². The van der Waals surface area contributed by atoms with E-state index in [0.717, 1.165) is 76.3 Å². The van der Waals surface area contributed by atoms with Crippen LogP contribution < -0.4 is 30.7 Å². The van der Waals surface area contributed by atoms with Gasteiger partial charge < -0.3 is 39.6 Å². The first kappa shape index (κ1) is 77.6. The Morgan fingerprint density at radius 2 is 1.41 bits per heavy atom. The van der Waals surface area contributed by atoms with Crippen molar-refractivity contribution in [2.75, 3.05) is 73.5 Å². The van der Waals surface area contributed by atoms with Crippen LogP contribution in [-0.4, -0.2) is 146 Å². The number of nitrogens with one attached hydrogen (secondary N) is 3. The highest BCUT2D eigenvalue weighted by molar-refractivity contribution is 7.91. The number of halogens is 3. The van der Waals surface area contributed by atoms with Crippen molar-refractivity contribution in [1.82, 2.24) is 10.6 Å². The lowest BCUT2D eigenvalue weighted by Crippen LogP contribution is -2.41. The van der Waals surface area contributed by atoms with Crippen molar-refractivity contribution in [3.63, 3.8) is 0 Å². The van der Waals surface area contributed by atoms with Gasteiger partial charge in [-0.05, 0) is 131 Å². The quantitative estimate of drug-likeness (QED) is 0.0124. The molecule has 0 aromatic heterocycles. The minimum atomic E-state index is -5.18. The molecule has 1 atom stereocenters. The number of nitrogens with two attached hydrogens (primary N) is 1. The lowest BCUT2D eigenvalue weighted by Gasteiger charge is -2.25. The number of sulfone groups is 1. The summed E-state index contributed by atoms with van der Waals surface area (Å²) in [6, 6.07) is 21.9. The Hall–Kier alpha value is -7.09. The highest BCUT2D eigenvalue weighted by atomic mass is 32.2. The fourth-order valence-corrected chi connectivity index (χ4v) is 16.2. The summed E-state index contributed by atoms with van der Waals surface area (Å²) in [5, 5.41) is 12.9. The van der Waals surface area contributed by atoms with Gasteiger partial charge in [-0.2, -0.15) is 13.0 Å². The molecule has 2 amide bonds. The summed E-state index contributed by atoms with van der Waals surface area (Å²) >= 11 is 0. The average molecular weight is 1460 g/mol. The highest BCUT2D eigenvalue weighted by Crippen LogP contribution is 2.42. The van der Waals surface area contributed by atoms with Crippen molar-refractivity contribution in [2.24, 2.45) is 5.14 Å². The van der Waals surface area contributed by atoms with Crippen molar-refractivity contribution in [3.05, 3.63) is 154 Å². The number of hydrogen-bond donors (Lipinski definition) is 5. The van der Waals surface area contributed by atoms with E-state index in [-0.39, 0.29) is 70.2 Å². The van der Waals surface area contributed by atoms with Gasteiger partial charge in [-0.25, -0.2) is 43.6 Å². The summed E-state index contributed by atoms with van der Waals surface area (Å²) < 4.78 is 185. The van der Waals surface area contributed by atoms with Crippen LogP contribution in [0.3, 0.4) is 0 Å². The zero-order valence-electron chi connectivity index (χ0n) is 56.0. The number of ether oxygens (including phenoxy) is 3. The number of anilines is 2. The molecule has 4 aliphatic rings. The molecule has 1 fully saturated rings. The summed E-state index contributed by atoms with van der Waals surface area (Å²) in [4.78, 5) is 37.7. The summed E-state index contributed by atoms with van der Waals surface area (Å²) in [6.07, 6.45) is 16.7. The molecule has 2 aliphatic carbocycles. The van der Waals surface area contributed by atoms with Gasteiger partial charge in [-0.15, -0.1) is 0 Å².